The first-order chi connectivity index (χ1) is 8.69. The predicted octanol–water partition coefficient (Wildman–Crippen LogP) is 2.83. The molecule has 0 spiro atoms. The number of rotatable bonds is 4. The van der Waals surface area contributed by atoms with Gasteiger partial charge in [-0.25, -0.2) is 4.79 Å². The molecule has 2 rings (SSSR count). The summed E-state index contributed by atoms with van der Waals surface area (Å²) in [5, 5.41) is 0. The number of hydrogen-bond donors (Lipinski definition) is 0. The van der Waals surface area contributed by atoms with Crippen LogP contribution in [0.15, 0.2) is 42.5 Å². The number of cyclic esters (lactones) is 1. The molecule has 0 aliphatic carbocycles. The maximum Gasteiger partial charge on any atom is 0.331 e. The van der Waals surface area contributed by atoms with Crippen LogP contribution in [-0.2, 0) is 9.53 Å². The van der Waals surface area contributed by atoms with Crippen LogP contribution in [-0.4, -0.2) is 19.2 Å². The molecule has 0 unspecified atom stereocenters. The van der Waals surface area contributed by atoms with E-state index >= 15 is 0 Å². The minimum absolute atomic E-state index is 0.146. The molecule has 2 atom stereocenters. The summed E-state index contributed by atoms with van der Waals surface area (Å²) in [4.78, 5) is 11.0. The zero-order valence-corrected chi connectivity index (χ0v) is 10.5. The first kappa shape index (κ1) is 12.4. The lowest BCUT2D eigenvalue weighted by molar-refractivity contribution is -0.139. The van der Waals surface area contributed by atoms with Crippen molar-refractivity contribution in [2.75, 3.05) is 7.11 Å². The molecule has 3 nitrogen and oxygen atoms in total. The minimum Gasteiger partial charge on any atom is -0.497 e. The van der Waals surface area contributed by atoms with Crippen molar-refractivity contribution < 1.29 is 14.3 Å². The summed E-state index contributed by atoms with van der Waals surface area (Å²) in [6.07, 6.45) is 7.18. The van der Waals surface area contributed by atoms with Gasteiger partial charge in [0.2, 0.25) is 0 Å². The van der Waals surface area contributed by atoms with E-state index in [9.17, 15) is 4.79 Å². The normalized spacial score (nSPS) is 20.1. The van der Waals surface area contributed by atoms with Crippen LogP contribution in [0.5, 0.6) is 5.75 Å². The number of ether oxygens (including phenoxy) is 2. The highest BCUT2D eigenvalue weighted by Crippen LogP contribution is 2.18. The lowest BCUT2D eigenvalue weighted by Crippen LogP contribution is -2.15. The standard InChI is InChI=1S/C15H16O3/c1-11(14-9-10-15(16)18-14)3-4-12-5-7-13(17-2)8-6-12/h3-11,14H,1-2H3/b4-3+/t11-,14-/m1/s1. The molecule has 0 amide bonds. The largest absolute Gasteiger partial charge is 0.497 e. The van der Waals surface area contributed by atoms with Crippen molar-refractivity contribution in [3.63, 3.8) is 0 Å². The van der Waals surface area contributed by atoms with Gasteiger partial charge in [0.05, 0.1) is 7.11 Å². The van der Waals surface area contributed by atoms with Gasteiger partial charge in [-0.3, -0.25) is 0 Å². The molecule has 94 valence electrons. The summed E-state index contributed by atoms with van der Waals surface area (Å²) in [5.74, 6) is 0.743. The Labute approximate surface area is 107 Å². The second-order valence-corrected chi connectivity index (χ2v) is 4.25. The smallest absolute Gasteiger partial charge is 0.331 e. The first-order valence-corrected chi connectivity index (χ1v) is 5.90. The molecule has 1 aromatic rings. The first-order valence-electron chi connectivity index (χ1n) is 5.90. The number of esters is 1. The lowest BCUT2D eigenvalue weighted by Gasteiger charge is -2.13. The number of carbonyl (C=O) groups is 1. The van der Waals surface area contributed by atoms with Crippen molar-refractivity contribution in [1.82, 2.24) is 0 Å². The van der Waals surface area contributed by atoms with E-state index in [1.165, 1.54) is 6.08 Å². The molecule has 0 saturated carbocycles. The topological polar surface area (TPSA) is 35.5 Å². The molecule has 1 aliphatic rings. The van der Waals surface area contributed by atoms with Crippen molar-refractivity contribution >= 4 is 12.0 Å². The van der Waals surface area contributed by atoms with Gasteiger partial charge < -0.3 is 9.47 Å². The number of carbonyl (C=O) groups excluding carboxylic acids is 1. The van der Waals surface area contributed by atoms with Crippen LogP contribution in [0.25, 0.3) is 6.08 Å². The average Bonchev–Trinajstić information content (AvgIpc) is 2.83. The van der Waals surface area contributed by atoms with E-state index in [-0.39, 0.29) is 18.0 Å². The van der Waals surface area contributed by atoms with E-state index in [1.807, 2.05) is 43.3 Å². The summed E-state index contributed by atoms with van der Waals surface area (Å²) in [5.41, 5.74) is 1.09. The highest BCUT2D eigenvalue weighted by molar-refractivity contribution is 5.84. The van der Waals surface area contributed by atoms with Crippen LogP contribution < -0.4 is 4.74 Å². The molecule has 3 heteroatoms. The second-order valence-electron chi connectivity index (χ2n) is 4.25. The lowest BCUT2D eigenvalue weighted by atomic mass is 10.0. The van der Waals surface area contributed by atoms with E-state index in [1.54, 1.807) is 13.2 Å². The van der Waals surface area contributed by atoms with Crippen molar-refractivity contribution in [3.05, 3.63) is 48.1 Å². The molecular weight excluding hydrogens is 228 g/mol. The Kier molecular flexibility index (Phi) is 3.82. The quantitative estimate of drug-likeness (QED) is 0.764. The summed E-state index contributed by atoms with van der Waals surface area (Å²) < 4.78 is 10.2. The van der Waals surface area contributed by atoms with Crippen LogP contribution in [0.4, 0.5) is 0 Å². The Morgan fingerprint density at radius 3 is 2.61 bits per heavy atom. The summed E-state index contributed by atoms with van der Waals surface area (Å²) >= 11 is 0. The Bertz CT molecular complexity index is 471. The van der Waals surface area contributed by atoms with Gasteiger partial charge in [0.25, 0.3) is 0 Å². The van der Waals surface area contributed by atoms with Gasteiger partial charge >= 0.3 is 5.97 Å². The Morgan fingerprint density at radius 1 is 1.33 bits per heavy atom. The molecule has 1 aromatic carbocycles. The van der Waals surface area contributed by atoms with Gasteiger partial charge in [-0.05, 0) is 23.8 Å². The summed E-state index contributed by atoms with van der Waals surface area (Å²) in [6, 6.07) is 7.80. The van der Waals surface area contributed by atoms with Crippen LogP contribution in [0.1, 0.15) is 12.5 Å². The SMILES string of the molecule is COc1ccc(/C=C/[C@@H](C)[C@H]2C=CC(=O)O2)cc1. The Balaban J connectivity index is 1.97. The van der Waals surface area contributed by atoms with Gasteiger partial charge in [0, 0.05) is 12.0 Å². The molecule has 1 aliphatic heterocycles. The number of hydrogen-bond acceptors (Lipinski definition) is 3. The van der Waals surface area contributed by atoms with E-state index in [0.29, 0.717) is 0 Å². The highest BCUT2D eigenvalue weighted by atomic mass is 16.5. The van der Waals surface area contributed by atoms with E-state index in [2.05, 4.69) is 0 Å². The Hall–Kier alpha value is -2.03. The van der Waals surface area contributed by atoms with Crippen molar-refractivity contribution in [3.8, 4) is 5.75 Å². The van der Waals surface area contributed by atoms with Gasteiger partial charge in [-0.1, -0.05) is 31.2 Å². The molecule has 0 bridgehead atoms. The second kappa shape index (κ2) is 5.54. The number of benzene rings is 1. The zero-order chi connectivity index (χ0) is 13.0. The molecule has 0 aromatic heterocycles. The summed E-state index contributed by atoms with van der Waals surface area (Å²) in [6.45, 7) is 2.02. The van der Waals surface area contributed by atoms with Gasteiger partial charge in [0.1, 0.15) is 11.9 Å². The van der Waals surface area contributed by atoms with Gasteiger partial charge in [0.15, 0.2) is 0 Å². The van der Waals surface area contributed by atoms with Crippen molar-refractivity contribution in [2.45, 2.75) is 13.0 Å². The maximum absolute atomic E-state index is 11.0. The van der Waals surface area contributed by atoms with Crippen LogP contribution in [0, 0.1) is 5.92 Å². The van der Waals surface area contributed by atoms with E-state index < -0.39 is 0 Å². The molecule has 0 radical (unpaired) electrons. The van der Waals surface area contributed by atoms with Gasteiger partial charge in [-0.15, -0.1) is 0 Å². The average molecular weight is 244 g/mol. The van der Waals surface area contributed by atoms with Crippen LogP contribution >= 0.6 is 0 Å². The molecular formula is C15H16O3. The highest BCUT2D eigenvalue weighted by Gasteiger charge is 2.20. The molecule has 0 N–H and O–H groups in total. The number of methoxy groups -OCH3 is 1. The van der Waals surface area contributed by atoms with Gasteiger partial charge in [-0.2, -0.15) is 0 Å². The van der Waals surface area contributed by atoms with E-state index in [0.717, 1.165) is 11.3 Å². The van der Waals surface area contributed by atoms with Crippen molar-refractivity contribution in [1.29, 1.82) is 0 Å². The minimum atomic E-state index is -0.260. The fourth-order valence-corrected chi connectivity index (χ4v) is 1.76. The Morgan fingerprint density at radius 2 is 2.06 bits per heavy atom. The monoisotopic (exact) mass is 244 g/mol. The third kappa shape index (κ3) is 3.00. The van der Waals surface area contributed by atoms with E-state index in [4.69, 9.17) is 9.47 Å². The molecule has 0 saturated heterocycles. The fourth-order valence-electron chi connectivity index (χ4n) is 1.76. The molecule has 0 fully saturated rings. The van der Waals surface area contributed by atoms with Crippen LogP contribution in [0.2, 0.25) is 0 Å². The third-order valence-electron chi connectivity index (χ3n) is 2.90. The summed E-state index contributed by atoms with van der Waals surface area (Å²) in [7, 11) is 1.65. The van der Waals surface area contributed by atoms with Crippen molar-refractivity contribution in [2.24, 2.45) is 5.92 Å². The predicted molar refractivity (Wildman–Crippen MR) is 70.2 cm³/mol. The third-order valence-corrected chi connectivity index (χ3v) is 2.90. The fraction of sp³-hybridized carbons (Fsp3) is 0.267. The molecule has 1 heterocycles. The maximum atomic E-state index is 11.0. The molecule has 18 heavy (non-hydrogen) atoms. The van der Waals surface area contributed by atoms with Crippen LogP contribution in [0.3, 0.4) is 0 Å². The zero-order valence-electron chi connectivity index (χ0n) is 10.5.